The van der Waals surface area contributed by atoms with E-state index >= 15 is 0 Å². The lowest BCUT2D eigenvalue weighted by atomic mass is 10.1. The van der Waals surface area contributed by atoms with Crippen molar-refractivity contribution in [1.29, 1.82) is 0 Å². The van der Waals surface area contributed by atoms with Crippen LogP contribution in [0.15, 0.2) is 18.3 Å². The van der Waals surface area contributed by atoms with Crippen LogP contribution in [0.1, 0.15) is 37.6 Å². The van der Waals surface area contributed by atoms with E-state index in [2.05, 4.69) is 24.0 Å². The molecule has 0 aliphatic heterocycles. The van der Waals surface area contributed by atoms with Crippen LogP contribution in [-0.2, 0) is 6.54 Å². The molecule has 2 rings (SSSR count). The first-order valence-electron chi connectivity index (χ1n) is 5.30. The van der Waals surface area contributed by atoms with Gasteiger partial charge in [0.1, 0.15) is 5.82 Å². The van der Waals surface area contributed by atoms with Crippen LogP contribution < -0.4 is 5.73 Å². The van der Waals surface area contributed by atoms with E-state index < -0.39 is 0 Å². The van der Waals surface area contributed by atoms with Crippen molar-refractivity contribution in [3.63, 3.8) is 0 Å². The van der Waals surface area contributed by atoms with Crippen LogP contribution in [0.4, 0.5) is 0 Å². The summed E-state index contributed by atoms with van der Waals surface area (Å²) in [6.45, 7) is 4.86. The van der Waals surface area contributed by atoms with Crippen molar-refractivity contribution in [3.8, 4) is 0 Å². The SMILES string of the molecule is CCC(C)c1nnc2ccc(CN)cn12. The third-order valence-electron chi connectivity index (χ3n) is 2.78. The molecule has 0 bridgehead atoms. The number of hydrogen-bond acceptors (Lipinski definition) is 3. The molecule has 80 valence electrons. The van der Waals surface area contributed by atoms with Gasteiger partial charge in [-0.1, -0.05) is 19.9 Å². The summed E-state index contributed by atoms with van der Waals surface area (Å²) < 4.78 is 2.04. The van der Waals surface area contributed by atoms with Crippen molar-refractivity contribution in [3.05, 3.63) is 29.7 Å². The summed E-state index contributed by atoms with van der Waals surface area (Å²) in [7, 11) is 0. The van der Waals surface area contributed by atoms with E-state index in [1.165, 1.54) is 0 Å². The fourth-order valence-electron chi connectivity index (χ4n) is 1.59. The van der Waals surface area contributed by atoms with E-state index in [-0.39, 0.29) is 0 Å². The first-order valence-corrected chi connectivity index (χ1v) is 5.30. The maximum atomic E-state index is 5.61. The summed E-state index contributed by atoms with van der Waals surface area (Å²) in [5.41, 5.74) is 7.61. The Kier molecular flexibility index (Phi) is 2.68. The van der Waals surface area contributed by atoms with Gasteiger partial charge in [0.15, 0.2) is 5.65 Å². The first-order chi connectivity index (χ1) is 7.26. The second-order valence-corrected chi connectivity index (χ2v) is 3.84. The smallest absolute Gasteiger partial charge is 0.160 e. The predicted molar refractivity (Wildman–Crippen MR) is 59.6 cm³/mol. The second-order valence-electron chi connectivity index (χ2n) is 3.84. The zero-order chi connectivity index (χ0) is 10.8. The lowest BCUT2D eigenvalue weighted by Crippen LogP contribution is -2.02. The maximum Gasteiger partial charge on any atom is 0.160 e. The molecule has 2 aromatic heterocycles. The van der Waals surface area contributed by atoms with Gasteiger partial charge in [-0.25, -0.2) is 0 Å². The molecule has 2 aromatic rings. The Labute approximate surface area is 89.1 Å². The fraction of sp³-hybridized carbons (Fsp3) is 0.455. The van der Waals surface area contributed by atoms with Crippen molar-refractivity contribution in [2.75, 3.05) is 0 Å². The number of nitrogens with two attached hydrogens (primary N) is 1. The molecule has 4 nitrogen and oxygen atoms in total. The molecule has 0 aliphatic carbocycles. The van der Waals surface area contributed by atoms with E-state index in [0.717, 1.165) is 23.5 Å². The Bertz CT molecular complexity index is 461. The van der Waals surface area contributed by atoms with Gasteiger partial charge < -0.3 is 5.73 Å². The number of rotatable bonds is 3. The van der Waals surface area contributed by atoms with Gasteiger partial charge in [-0.15, -0.1) is 10.2 Å². The standard InChI is InChI=1S/C11H16N4/c1-3-8(2)11-14-13-10-5-4-9(6-12)7-15(10)11/h4-5,7-8H,3,6,12H2,1-2H3. The summed E-state index contributed by atoms with van der Waals surface area (Å²) in [6.07, 6.45) is 3.09. The van der Waals surface area contributed by atoms with Crippen LogP contribution in [0, 0.1) is 0 Å². The highest BCUT2D eigenvalue weighted by Gasteiger charge is 2.11. The van der Waals surface area contributed by atoms with Crippen LogP contribution in [0.5, 0.6) is 0 Å². The molecule has 15 heavy (non-hydrogen) atoms. The minimum absolute atomic E-state index is 0.424. The highest BCUT2D eigenvalue weighted by molar-refractivity contribution is 5.39. The second kappa shape index (κ2) is 3.98. The van der Waals surface area contributed by atoms with Crippen LogP contribution >= 0.6 is 0 Å². The molecule has 0 spiro atoms. The summed E-state index contributed by atoms with van der Waals surface area (Å²) in [6, 6.07) is 3.95. The number of fused-ring (bicyclic) bond motifs is 1. The van der Waals surface area contributed by atoms with Crippen molar-refractivity contribution in [2.45, 2.75) is 32.7 Å². The number of hydrogen-bond donors (Lipinski definition) is 1. The average molecular weight is 204 g/mol. The lowest BCUT2D eigenvalue weighted by molar-refractivity contribution is 0.668. The molecule has 1 unspecified atom stereocenters. The van der Waals surface area contributed by atoms with Gasteiger partial charge in [0.2, 0.25) is 0 Å². The van der Waals surface area contributed by atoms with E-state index in [1.54, 1.807) is 0 Å². The van der Waals surface area contributed by atoms with Crippen molar-refractivity contribution in [1.82, 2.24) is 14.6 Å². The fourth-order valence-corrected chi connectivity index (χ4v) is 1.59. The zero-order valence-electron chi connectivity index (χ0n) is 9.14. The number of nitrogens with zero attached hydrogens (tertiary/aromatic N) is 3. The molecule has 0 amide bonds. The summed E-state index contributed by atoms with van der Waals surface area (Å²) >= 11 is 0. The maximum absolute atomic E-state index is 5.61. The van der Waals surface area contributed by atoms with E-state index in [4.69, 9.17) is 5.73 Å². The molecule has 0 fully saturated rings. The number of pyridine rings is 1. The predicted octanol–water partition coefficient (Wildman–Crippen LogP) is 1.70. The minimum Gasteiger partial charge on any atom is -0.326 e. The quantitative estimate of drug-likeness (QED) is 0.828. The Morgan fingerprint density at radius 2 is 2.20 bits per heavy atom. The van der Waals surface area contributed by atoms with Crippen molar-refractivity contribution < 1.29 is 0 Å². The Hall–Kier alpha value is -1.42. The van der Waals surface area contributed by atoms with Gasteiger partial charge in [-0.05, 0) is 18.1 Å². The van der Waals surface area contributed by atoms with Crippen LogP contribution in [0.25, 0.3) is 5.65 Å². The molecule has 0 aliphatic rings. The Morgan fingerprint density at radius 1 is 1.40 bits per heavy atom. The molecule has 0 saturated heterocycles. The van der Waals surface area contributed by atoms with Crippen molar-refractivity contribution >= 4 is 5.65 Å². The molecule has 0 radical (unpaired) electrons. The van der Waals surface area contributed by atoms with Gasteiger partial charge >= 0.3 is 0 Å². The largest absolute Gasteiger partial charge is 0.326 e. The lowest BCUT2D eigenvalue weighted by Gasteiger charge is -2.06. The summed E-state index contributed by atoms with van der Waals surface area (Å²) in [4.78, 5) is 0. The van der Waals surface area contributed by atoms with Gasteiger partial charge in [0.05, 0.1) is 0 Å². The van der Waals surface area contributed by atoms with E-state index in [0.29, 0.717) is 12.5 Å². The number of aromatic nitrogens is 3. The third-order valence-corrected chi connectivity index (χ3v) is 2.78. The third kappa shape index (κ3) is 1.72. The van der Waals surface area contributed by atoms with Gasteiger partial charge in [-0.2, -0.15) is 0 Å². The highest BCUT2D eigenvalue weighted by atomic mass is 15.2. The van der Waals surface area contributed by atoms with E-state index in [1.807, 2.05) is 22.7 Å². The molecule has 1 atom stereocenters. The zero-order valence-corrected chi connectivity index (χ0v) is 9.14. The highest BCUT2D eigenvalue weighted by Crippen LogP contribution is 2.17. The first kappa shape index (κ1) is 10.1. The Morgan fingerprint density at radius 3 is 2.87 bits per heavy atom. The molecule has 4 heteroatoms. The Balaban J connectivity index is 2.56. The molecule has 2 heterocycles. The molecule has 2 N–H and O–H groups in total. The topological polar surface area (TPSA) is 56.2 Å². The van der Waals surface area contributed by atoms with Crippen LogP contribution in [0.2, 0.25) is 0 Å². The van der Waals surface area contributed by atoms with Crippen molar-refractivity contribution in [2.24, 2.45) is 5.73 Å². The molecule has 0 saturated carbocycles. The molecule has 0 aromatic carbocycles. The average Bonchev–Trinajstić information content (AvgIpc) is 2.70. The summed E-state index contributed by atoms with van der Waals surface area (Å²) in [5.74, 6) is 1.44. The van der Waals surface area contributed by atoms with Gasteiger partial charge in [0.25, 0.3) is 0 Å². The van der Waals surface area contributed by atoms with Crippen LogP contribution in [0.3, 0.4) is 0 Å². The molecular weight excluding hydrogens is 188 g/mol. The van der Waals surface area contributed by atoms with Gasteiger partial charge in [0, 0.05) is 18.7 Å². The minimum atomic E-state index is 0.424. The summed E-state index contributed by atoms with van der Waals surface area (Å²) in [5, 5.41) is 8.35. The van der Waals surface area contributed by atoms with Crippen LogP contribution in [-0.4, -0.2) is 14.6 Å². The molecular formula is C11H16N4. The normalized spacial score (nSPS) is 13.3. The monoisotopic (exact) mass is 204 g/mol. The van der Waals surface area contributed by atoms with Gasteiger partial charge in [-0.3, -0.25) is 4.40 Å². The van der Waals surface area contributed by atoms with E-state index in [9.17, 15) is 0 Å².